The van der Waals surface area contributed by atoms with E-state index in [2.05, 4.69) is 44.7 Å². The predicted molar refractivity (Wildman–Crippen MR) is 70.6 cm³/mol. The first-order valence-electron chi connectivity index (χ1n) is 6.53. The summed E-state index contributed by atoms with van der Waals surface area (Å²) in [5, 5.41) is 0. The molecular weight excluding hydrogens is 198 g/mol. The molecule has 1 aliphatic rings. The third-order valence-electron chi connectivity index (χ3n) is 4.12. The SMILES string of the molecule is CC(C)CC(C)N(C)C1(CN)CCN(C)C1. The van der Waals surface area contributed by atoms with Gasteiger partial charge in [-0.05, 0) is 46.3 Å². The zero-order valence-corrected chi connectivity index (χ0v) is 11.7. The number of hydrogen-bond donors (Lipinski definition) is 1. The van der Waals surface area contributed by atoms with E-state index in [4.69, 9.17) is 5.73 Å². The molecule has 1 heterocycles. The van der Waals surface area contributed by atoms with Gasteiger partial charge in [0.25, 0.3) is 0 Å². The Kier molecular flexibility index (Phi) is 4.77. The maximum absolute atomic E-state index is 6.03. The lowest BCUT2D eigenvalue weighted by Crippen LogP contribution is -2.56. The third kappa shape index (κ3) is 2.96. The Morgan fingerprint density at radius 1 is 1.38 bits per heavy atom. The summed E-state index contributed by atoms with van der Waals surface area (Å²) in [5.41, 5.74) is 6.24. The van der Waals surface area contributed by atoms with E-state index in [0.717, 1.165) is 19.0 Å². The van der Waals surface area contributed by atoms with Crippen molar-refractivity contribution in [1.82, 2.24) is 9.80 Å². The number of hydrogen-bond acceptors (Lipinski definition) is 3. The maximum Gasteiger partial charge on any atom is 0.0470 e. The summed E-state index contributed by atoms with van der Waals surface area (Å²) in [4.78, 5) is 4.92. The van der Waals surface area contributed by atoms with Gasteiger partial charge in [-0.25, -0.2) is 0 Å². The molecule has 3 nitrogen and oxygen atoms in total. The van der Waals surface area contributed by atoms with E-state index in [1.54, 1.807) is 0 Å². The van der Waals surface area contributed by atoms with Crippen LogP contribution in [-0.2, 0) is 0 Å². The summed E-state index contributed by atoms with van der Waals surface area (Å²) < 4.78 is 0. The summed E-state index contributed by atoms with van der Waals surface area (Å²) in [7, 11) is 4.44. The van der Waals surface area contributed by atoms with Crippen molar-refractivity contribution in [2.75, 3.05) is 33.7 Å². The minimum absolute atomic E-state index is 0.211. The van der Waals surface area contributed by atoms with E-state index >= 15 is 0 Å². The second-order valence-electron chi connectivity index (χ2n) is 6.01. The molecule has 0 amide bonds. The molecule has 0 aromatic carbocycles. The maximum atomic E-state index is 6.03. The standard InChI is InChI=1S/C13H29N3/c1-11(2)8-12(3)16(5)13(9-14)6-7-15(4)10-13/h11-12H,6-10,14H2,1-5H3. The Bertz CT molecular complexity index is 217. The van der Waals surface area contributed by atoms with Crippen LogP contribution >= 0.6 is 0 Å². The van der Waals surface area contributed by atoms with E-state index in [-0.39, 0.29) is 5.54 Å². The monoisotopic (exact) mass is 227 g/mol. The van der Waals surface area contributed by atoms with Gasteiger partial charge in [-0.1, -0.05) is 13.8 Å². The van der Waals surface area contributed by atoms with E-state index in [0.29, 0.717) is 6.04 Å². The molecule has 0 aliphatic carbocycles. The zero-order valence-electron chi connectivity index (χ0n) is 11.7. The Labute approximate surface area is 101 Å². The Balaban J connectivity index is 2.65. The van der Waals surface area contributed by atoms with Crippen molar-refractivity contribution >= 4 is 0 Å². The molecule has 0 radical (unpaired) electrons. The molecular formula is C13H29N3. The summed E-state index contributed by atoms with van der Waals surface area (Å²) in [6.07, 6.45) is 2.46. The Morgan fingerprint density at radius 3 is 2.38 bits per heavy atom. The lowest BCUT2D eigenvalue weighted by atomic mass is 9.92. The first-order chi connectivity index (χ1) is 7.41. The number of rotatable bonds is 5. The van der Waals surface area contributed by atoms with E-state index < -0.39 is 0 Å². The Morgan fingerprint density at radius 2 is 2.00 bits per heavy atom. The van der Waals surface area contributed by atoms with Crippen LogP contribution in [0.3, 0.4) is 0 Å². The van der Waals surface area contributed by atoms with Crippen LogP contribution in [0.15, 0.2) is 0 Å². The topological polar surface area (TPSA) is 32.5 Å². The fraction of sp³-hybridized carbons (Fsp3) is 1.00. The van der Waals surface area contributed by atoms with Gasteiger partial charge in [0.1, 0.15) is 0 Å². The van der Waals surface area contributed by atoms with Crippen molar-refractivity contribution in [2.45, 2.75) is 45.2 Å². The number of nitrogens with two attached hydrogens (primary N) is 1. The number of nitrogens with zero attached hydrogens (tertiary/aromatic N) is 2. The van der Waals surface area contributed by atoms with Gasteiger partial charge in [0.2, 0.25) is 0 Å². The van der Waals surface area contributed by atoms with Gasteiger partial charge in [0, 0.05) is 24.7 Å². The van der Waals surface area contributed by atoms with Gasteiger partial charge in [0.05, 0.1) is 0 Å². The molecule has 2 unspecified atom stereocenters. The Hall–Kier alpha value is -0.120. The molecule has 1 saturated heterocycles. The molecule has 0 aromatic rings. The van der Waals surface area contributed by atoms with Crippen molar-refractivity contribution < 1.29 is 0 Å². The summed E-state index contributed by atoms with van der Waals surface area (Å²) in [5.74, 6) is 0.756. The predicted octanol–water partition coefficient (Wildman–Crippen LogP) is 1.39. The molecule has 1 rings (SSSR count). The molecule has 0 spiro atoms. The lowest BCUT2D eigenvalue weighted by Gasteiger charge is -2.42. The molecule has 1 aliphatic heterocycles. The molecule has 2 N–H and O–H groups in total. The van der Waals surface area contributed by atoms with Crippen LogP contribution in [0.1, 0.15) is 33.6 Å². The number of likely N-dealkylation sites (N-methyl/N-ethyl adjacent to an activating group) is 2. The minimum atomic E-state index is 0.211. The number of likely N-dealkylation sites (tertiary alicyclic amines) is 1. The smallest absolute Gasteiger partial charge is 0.0470 e. The van der Waals surface area contributed by atoms with Crippen molar-refractivity contribution in [3.8, 4) is 0 Å². The van der Waals surface area contributed by atoms with Gasteiger partial charge < -0.3 is 10.6 Å². The van der Waals surface area contributed by atoms with Gasteiger partial charge in [-0.15, -0.1) is 0 Å². The van der Waals surface area contributed by atoms with Crippen molar-refractivity contribution in [2.24, 2.45) is 11.7 Å². The highest BCUT2D eigenvalue weighted by atomic mass is 15.3. The van der Waals surface area contributed by atoms with Crippen molar-refractivity contribution in [3.05, 3.63) is 0 Å². The average Bonchev–Trinajstić information content (AvgIpc) is 2.59. The van der Waals surface area contributed by atoms with Crippen LogP contribution in [0.5, 0.6) is 0 Å². The third-order valence-corrected chi connectivity index (χ3v) is 4.12. The fourth-order valence-electron chi connectivity index (χ4n) is 2.97. The molecule has 0 aromatic heterocycles. The normalized spacial score (nSPS) is 29.2. The first-order valence-corrected chi connectivity index (χ1v) is 6.53. The van der Waals surface area contributed by atoms with Crippen LogP contribution in [0.25, 0.3) is 0 Å². The van der Waals surface area contributed by atoms with Crippen LogP contribution in [0.2, 0.25) is 0 Å². The molecule has 1 fully saturated rings. The second-order valence-corrected chi connectivity index (χ2v) is 6.01. The summed E-state index contributed by atoms with van der Waals surface area (Å²) >= 11 is 0. The lowest BCUT2D eigenvalue weighted by molar-refractivity contribution is 0.0819. The minimum Gasteiger partial charge on any atom is -0.329 e. The van der Waals surface area contributed by atoms with Gasteiger partial charge in [-0.2, -0.15) is 0 Å². The molecule has 0 bridgehead atoms. The molecule has 3 heteroatoms. The van der Waals surface area contributed by atoms with Gasteiger partial charge in [0.15, 0.2) is 0 Å². The summed E-state index contributed by atoms with van der Waals surface area (Å²) in [6.45, 7) is 9.98. The van der Waals surface area contributed by atoms with Gasteiger partial charge in [-0.3, -0.25) is 4.90 Å². The second kappa shape index (κ2) is 5.48. The van der Waals surface area contributed by atoms with Crippen LogP contribution in [0.4, 0.5) is 0 Å². The van der Waals surface area contributed by atoms with Crippen LogP contribution < -0.4 is 5.73 Å². The first kappa shape index (κ1) is 13.9. The van der Waals surface area contributed by atoms with Crippen molar-refractivity contribution in [3.63, 3.8) is 0 Å². The van der Waals surface area contributed by atoms with Crippen LogP contribution in [0, 0.1) is 5.92 Å². The molecule has 96 valence electrons. The summed E-state index contributed by atoms with van der Waals surface area (Å²) in [6, 6.07) is 0.620. The van der Waals surface area contributed by atoms with Crippen molar-refractivity contribution in [1.29, 1.82) is 0 Å². The zero-order chi connectivity index (χ0) is 12.3. The average molecular weight is 227 g/mol. The quantitative estimate of drug-likeness (QED) is 0.770. The molecule has 16 heavy (non-hydrogen) atoms. The highest BCUT2D eigenvalue weighted by Gasteiger charge is 2.40. The van der Waals surface area contributed by atoms with E-state index in [1.165, 1.54) is 19.4 Å². The van der Waals surface area contributed by atoms with E-state index in [9.17, 15) is 0 Å². The van der Waals surface area contributed by atoms with Crippen LogP contribution in [-0.4, -0.2) is 55.1 Å². The largest absolute Gasteiger partial charge is 0.329 e. The highest BCUT2D eigenvalue weighted by molar-refractivity contribution is 4.99. The molecule has 2 atom stereocenters. The molecule has 0 saturated carbocycles. The highest BCUT2D eigenvalue weighted by Crippen LogP contribution is 2.28. The fourth-order valence-corrected chi connectivity index (χ4v) is 2.97. The van der Waals surface area contributed by atoms with E-state index in [1.807, 2.05) is 0 Å². The van der Waals surface area contributed by atoms with Gasteiger partial charge >= 0.3 is 0 Å².